The molecule has 0 aliphatic heterocycles. The van der Waals surface area contributed by atoms with Gasteiger partial charge in [-0.05, 0) is 18.2 Å². The number of hydrogen-bond donors (Lipinski definition) is 0. The molecule has 0 aliphatic carbocycles. The molecule has 0 amide bonds. The van der Waals surface area contributed by atoms with E-state index in [0.717, 1.165) is 10.7 Å². The first-order valence-corrected chi connectivity index (χ1v) is 4.51. The molecule has 6 heteroatoms. The van der Waals surface area contributed by atoms with E-state index in [1.54, 1.807) is 18.2 Å². The van der Waals surface area contributed by atoms with Crippen LogP contribution >= 0.6 is 0 Å². The van der Waals surface area contributed by atoms with E-state index in [2.05, 4.69) is 10.1 Å². The quantitative estimate of drug-likeness (QED) is 0.749. The molecule has 0 aliphatic rings. The predicted molar refractivity (Wildman–Crippen MR) is 51.4 cm³/mol. The number of halogens is 3. The van der Waals surface area contributed by atoms with E-state index in [4.69, 9.17) is 0 Å². The molecule has 0 saturated heterocycles. The fraction of sp³-hybridized carbons (Fsp3) is 0.200. The zero-order valence-corrected chi connectivity index (χ0v) is 8.36. The molecule has 2 aromatic heterocycles. The summed E-state index contributed by atoms with van der Waals surface area (Å²) in [5.41, 5.74) is -0.142. The summed E-state index contributed by atoms with van der Waals surface area (Å²) in [6.07, 6.45) is -2.88. The Bertz CT molecular complexity index is 488. The highest BCUT2D eigenvalue weighted by Gasteiger charge is 2.35. The van der Waals surface area contributed by atoms with Crippen molar-refractivity contribution in [3.63, 3.8) is 0 Å². The minimum Gasteiger partial charge on any atom is -0.263 e. The number of nitrogens with zero attached hydrogens (tertiary/aromatic N) is 3. The summed E-state index contributed by atoms with van der Waals surface area (Å²) in [6.45, 7) is 0. The average Bonchev–Trinajstić information content (AvgIpc) is 2.61. The second-order valence-electron chi connectivity index (χ2n) is 3.25. The Morgan fingerprint density at radius 2 is 1.94 bits per heavy atom. The van der Waals surface area contributed by atoms with Crippen molar-refractivity contribution in [2.45, 2.75) is 6.18 Å². The zero-order valence-electron chi connectivity index (χ0n) is 8.36. The molecule has 0 N–H and O–H groups in total. The Morgan fingerprint density at radius 1 is 1.19 bits per heavy atom. The van der Waals surface area contributed by atoms with Gasteiger partial charge in [0.25, 0.3) is 0 Å². The number of pyridine rings is 1. The largest absolute Gasteiger partial charge is 0.433 e. The molecule has 2 rings (SSSR count). The number of rotatable bonds is 1. The molecule has 84 valence electrons. The van der Waals surface area contributed by atoms with Crippen LogP contribution in [0.3, 0.4) is 0 Å². The Labute approximate surface area is 89.5 Å². The standard InChI is InChI=1S/C10H8F3N3/c1-16-9(10(11,12)13)6-8(15-16)7-4-2-3-5-14-7/h2-6H,1H3. The van der Waals surface area contributed by atoms with Crippen molar-refractivity contribution >= 4 is 0 Å². The molecule has 0 spiro atoms. The minimum atomic E-state index is -4.39. The molecule has 2 heterocycles. The van der Waals surface area contributed by atoms with Crippen molar-refractivity contribution in [3.8, 4) is 11.4 Å². The summed E-state index contributed by atoms with van der Waals surface area (Å²) in [6, 6.07) is 5.99. The maximum absolute atomic E-state index is 12.5. The van der Waals surface area contributed by atoms with Crippen LogP contribution < -0.4 is 0 Å². The second kappa shape index (κ2) is 3.62. The maximum Gasteiger partial charge on any atom is 0.433 e. The molecule has 0 aromatic carbocycles. The van der Waals surface area contributed by atoms with Crippen molar-refractivity contribution in [2.24, 2.45) is 7.05 Å². The SMILES string of the molecule is Cn1nc(-c2ccccn2)cc1C(F)(F)F. The van der Waals surface area contributed by atoms with E-state index in [0.29, 0.717) is 5.69 Å². The number of aromatic nitrogens is 3. The third kappa shape index (κ3) is 1.91. The molecule has 0 bridgehead atoms. The van der Waals surface area contributed by atoms with Crippen LogP contribution in [-0.4, -0.2) is 14.8 Å². The van der Waals surface area contributed by atoms with Gasteiger partial charge in [0.05, 0.1) is 5.69 Å². The lowest BCUT2D eigenvalue weighted by Gasteiger charge is -2.04. The number of alkyl halides is 3. The van der Waals surface area contributed by atoms with Crippen LogP contribution in [0, 0.1) is 0 Å². The summed E-state index contributed by atoms with van der Waals surface area (Å²) in [7, 11) is 1.26. The fourth-order valence-electron chi connectivity index (χ4n) is 1.37. The van der Waals surface area contributed by atoms with Gasteiger partial charge in [0.2, 0.25) is 0 Å². The Morgan fingerprint density at radius 3 is 2.44 bits per heavy atom. The van der Waals surface area contributed by atoms with Gasteiger partial charge in [-0.3, -0.25) is 9.67 Å². The van der Waals surface area contributed by atoms with Crippen LogP contribution in [0.15, 0.2) is 30.5 Å². The third-order valence-corrected chi connectivity index (χ3v) is 2.10. The first-order chi connectivity index (χ1) is 7.48. The van der Waals surface area contributed by atoms with E-state index in [-0.39, 0.29) is 5.69 Å². The van der Waals surface area contributed by atoms with Gasteiger partial charge in [0.15, 0.2) is 0 Å². The Hall–Kier alpha value is -1.85. The number of aryl methyl sites for hydroxylation is 1. The van der Waals surface area contributed by atoms with Gasteiger partial charge in [0, 0.05) is 13.2 Å². The van der Waals surface area contributed by atoms with Crippen LogP contribution in [0.25, 0.3) is 11.4 Å². The molecular formula is C10H8F3N3. The van der Waals surface area contributed by atoms with Crippen molar-refractivity contribution < 1.29 is 13.2 Å². The zero-order chi connectivity index (χ0) is 11.8. The molecule has 0 fully saturated rings. The summed E-state index contributed by atoms with van der Waals surface area (Å²) < 4.78 is 38.3. The van der Waals surface area contributed by atoms with Gasteiger partial charge in [0.1, 0.15) is 11.4 Å². The van der Waals surface area contributed by atoms with Crippen molar-refractivity contribution in [2.75, 3.05) is 0 Å². The molecule has 0 atom stereocenters. The van der Waals surface area contributed by atoms with Gasteiger partial charge in [-0.1, -0.05) is 6.07 Å². The van der Waals surface area contributed by atoms with Gasteiger partial charge >= 0.3 is 6.18 Å². The summed E-state index contributed by atoms with van der Waals surface area (Å²) in [5, 5.41) is 3.78. The third-order valence-electron chi connectivity index (χ3n) is 2.10. The van der Waals surface area contributed by atoms with Crippen molar-refractivity contribution in [1.29, 1.82) is 0 Å². The van der Waals surface area contributed by atoms with E-state index in [1.807, 2.05) is 0 Å². The highest BCUT2D eigenvalue weighted by molar-refractivity contribution is 5.54. The smallest absolute Gasteiger partial charge is 0.263 e. The Kier molecular flexibility index (Phi) is 2.41. The molecule has 0 saturated carbocycles. The van der Waals surface area contributed by atoms with Gasteiger partial charge in [-0.25, -0.2) is 0 Å². The van der Waals surface area contributed by atoms with Crippen LogP contribution in [0.4, 0.5) is 13.2 Å². The van der Waals surface area contributed by atoms with Crippen LogP contribution in [0.2, 0.25) is 0 Å². The fourth-order valence-corrected chi connectivity index (χ4v) is 1.37. The van der Waals surface area contributed by atoms with E-state index >= 15 is 0 Å². The van der Waals surface area contributed by atoms with Gasteiger partial charge in [-0.15, -0.1) is 0 Å². The predicted octanol–water partition coefficient (Wildman–Crippen LogP) is 2.50. The average molecular weight is 227 g/mol. The summed E-state index contributed by atoms with van der Waals surface area (Å²) >= 11 is 0. The monoisotopic (exact) mass is 227 g/mol. The lowest BCUT2D eigenvalue weighted by molar-refractivity contribution is -0.143. The van der Waals surface area contributed by atoms with Crippen LogP contribution in [0.5, 0.6) is 0 Å². The maximum atomic E-state index is 12.5. The molecular weight excluding hydrogens is 219 g/mol. The summed E-state index contributed by atoms with van der Waals surface area (Å²) in [5.74, 6) is 0. The van der Waals surface area contributed by atoms with Crippen molar-refractivity contribution in [3.05, 3.63) is 36.2 Å². The Balaban J connectivity index is 2.47. The lowest BCUT2D eigenvalue weighted by Crippen LogP contribution is -2.11. The van der Waals surface area contributed by atoms with Crippen molar-refractivity contribution in [1.82, 2.24) is 14.8 Å². The van der Waals surface area contributed by atoms with E-state index < -0.39 is 11.9 Å². The normalized spacial score (nSPS) is 11.8. The van der Waals surface area contributed by atoms with Gasteiger partial charge < -0.3 is 0 Å². The molecule has 0 radical (unpaired) electrons. The van der Waals surface area contributed by atoms with Crippen LogP contribution in [-0.2, 0) is 13.2 Å². The molecule has 3 nitrogen and oxygen atoms in total. The lowest BCUT2D eigenvalue weighted by atomic mass is 10.2. The first-order valence-electron chi connectivity index (χ1n) is 4.51. The molecule has 0 unspecified atom stereocenters. The number of hydrogen-bond acceptors (Lipinski definition) is 2. The van der Waals surface area contributed by atoms with E-state index in [1.165, 1.54) is 13.2 Å². The molecule has 16 heavy (non-hydrogen) atoms. The minimum absolute atomic E-state index is 0.218. The highest BCUT2D eigenvalue weighted by Crippen LogP contribution is 2.31. The summed E-state index contributed by atoms with van der Waals surface area (Å²) in [4.78, 5) is 3.94. The highest BCUT2D eigenvalue weighted by atomic mass is 19.4. The van der Waals surface area contributed by atoms with E-state index in [9.17, 15) is 13.2 Å². The first kappa shape index (κ1) is 10.7. The molecule has 2 aromatic rings. The second-order valence-corrected chi connectivity index (χ2v) is 3.25. The van der Waals surface area contributed by atoms with Crippen LogP contribution in [0.1, 0.15) is 5.69 Å². The van der Waals surface area contributed by atoms with Gasteiger partial charge in [-0.2, -0.15) is 18.3 Å². The topological polar surface area (TPSA) is 30.7 Å².